The molecule has 0 atom stereocenters. The van der Waals surface area contributed by atoms with Crippen LogP contribution in [0, 0.1) is 5.82 Å². The molecule has 0 saturated heterocycles. The molecule has 0 saturated carbocycles. The van der Waals surface area contributed by atoms with E-state index in [0.717, 1.165) is 23.9 Å². The second-order valence-electron chi connectivity index (χ2n) is 4.04. The van der Waals surface area contributed by atoms with Gasteiger partial charge in [-0.05, 0) is 17.7 Å². The van der Waals surface area contributed by atoms with E-state index < -0.39 is 28.7 Å². The van der Waals surface area contributed by atoms with Gasteiger partial charge in [-0.1, -0.05) is 6.07 Å². The van der Waals surface area contributed by atoms with Crippen LogP contribution in [0.25, 0.3) is 0 Å². The Labute approximate surface area is 119 Å². The third kappa shape index (κ3) is 3.75. The maximum atomic E-state index is 13.4. The van der Waals surface area contributed by atoms with Gasteiger partial charge >= 0.3 is 17.3 Å². The molecule has 0 aliphatic heterocycles. The second kappa shape index (κ2) is 5.76. The molecular formula is C12H8F4N2O2S. The Hall–Kier alpha value is -2.03. The highest BCUT2D eigenvalue weighted by atomic mass is 32.2. The number of benzene rings is 1. The van der Waals surface area contributed by atoms with Crippen molar-refractivity contribution in [3.63, 3.8) is 0 Å². The molecule has 0 fully saturated rings. The Balaban J connectivity index is 2.14. The molecule has 9 heteroatoms. The second-order valence-corrected chi connectivity index (χ2v) is 5.05. The molecule has 0 bridgehead atoms. The number of rotatable bonds is 3. The minimum atomic E-state index is -4.74. The van der Waals surface area contributed by atoms with E-state index in [9.17, 15) is 27.2 Å². The molecule has 1 aromatic heterocycles. The largest absolute Gasteiger partial charge is 0.419 e. The Morgan fingerprint density at radius 3 is 2.43 bits per heavy atom. The summed E-state index contributed by atoms with van der Waals surface area (Å²) in [6.07, 6.45) is -3.48. The third-order valence-corrected chi connectivity index (χ3v) is 3.52. The van der Waals surface area contributed by atoms with Crippen LogP contribution in [0.15, 0.2) is 39.0 Å². The minimum absolute atomic E-state index is 0.136. The topological polar surface area (TPSA) is 65.7 Å². The van der Waals surface area contributed by atoms with Crippen molar-refractivity contribution in [1.82, 2.24) is 9.97 Å². The van der Waals surface area contributed by atoms with Crippen LogP contribution in [0.5, 0.6) is 0 Å². The number of hydrogen-bond acceptors (Lipinski definition) is 3. The molecule has 0 spiro atoms. The maximum Gasteiger partial charge on any atom is 0.419 e. The standard InChI is InChI=1S/C12H8F4N2O2S/c13-8-3-6(1-2-7(8)12(14,15)16)5-21-9-4-17-10(19)11(20)18-9/h1-4H,5H2,(H,17,19)(H,18,20). The molecular weight excluding hydrogens is 312 g/mol. The quantitative estimate of drug-likeness (QED) is 0.519. The number of aromatic nitrogens is 2. The zero-order valence-electron chi connectivity index (χ0n) is 10.3. The van der Waals surface area contributed by atoms with Gasteiger partial charge in [0.05, 0.1) is 10.6 Å². The van der Waals surface area contributed by atoms with E-state index >= 15 is 0 Å². The number of halogens is 4. The van der Waals surface area contributed by atoms with Crippen molar-refractivity contribution in [3.05, 3.63) is 62.0 Å². The van der Waals surface area contributed by atoms with Crippen molar-refractivity contribution in [2.24, 2.45) is 0 Å². The molecule has 1 heterocycles. The van der Waals surface area contributed by atoms with Gasteiger partial charge in [0.2, 0.25) is 0 Å². The predicted molar refractivity (Wildman–Crippen MR) is 68.6 cm³/mol. The van der Waals surface area contributed by atoms with Crippen molar-refractivity contribution in [3.8, 4) is 0 Å². The van der Waals surface area contributed by atoms with Gasteiger partial charge in [0.15, 0.2) is 0 Å². The van der Waals surface area contributed by atoms with Crippen LogP contribution >= 0.6 is 11.8 Å². The summed E-state index contributed by atoms with van der Waals surface area (Å²) in [5.74, 6) is -1.22. The summed E-state index contributed by atoms with van der Waals surface area (Å²) in [5.41, 5.74) is -2.65. The number of alkyl halides is 3. The fourth-order valence-electron chi connectivity index (χ4n) is 1.52. The number of aromatic amines is 2. The Kier molecular flexibility index (Phi) is 4.21. The first-order chi connectivity index (χ1) is 9.77. The van der Waals surface area contributed by atoms with Gasteiger partial charge in [-0.15, -0.1) is 11.8 Å². The van der Waals surface area contributed by atoms with Crippen LogP contribution in [0.2, 0.25) is 0 Å². The molecule has 21 heavy (non-hydrogen) atoms. The first kappa shape index (κ1) is 15.4. The summed E-state index contributed by atoms with van der Waals surface area (Å²) in [6.45, 7) is 0. The predicted octanol–water partition coefficient (Wildman–Crippen LogP) is 2.51. The van der Waals surface area contributed by atoms with Crippen LogP contribution in [-0.2, 0) is 11.9 Å². The molecule has 1 aromatic carbocycles. The number of H-pyrrole nitrogens is 2. The lowest BCUT2D eigenvalue weighted by atomic mass is 10.1. The van der Waals surface area contributed by atoms with Crippen LogP contribution < -0.4 is 11.1 Å². The van der Waals surface area contributed by atoms with Gasteiger partial charge in [-0.25, -0.2) is 4.39 Å². The van der Waals surface area contributed by atoms with Crippen molar-refractivity contribution in [2.45, 2.75) is 17.0 Å². The van der Waals surface area contributed by atoms with Gasteiger partial charge in [-0.3, -0.25) is 9.59 Å². The zero-order valence-corrected chi connectivity index (χ0v) is 11.1. The zero-order chi connectivity index (χ0) is 15.6. The van der Waals surface area contributed by atoms with Gasteiger partial charge < -0.3 is 9.97 Å². The molecule has 0 aliphatic carbocycles. The molecule has 4 nitrogen and oxygen atoms in total. The number of nitrogens with one attached hydrogen (secondary N) is 2. The monoisotopic (exact) mass is 320 g/mol. The summed E-state index contributed by atoms with van der Waals surface area (Å²) in [4.78, 5) is 26.4. The van der Waals surface area contributed by atoms with Gasteiger partial charge in [0.25, 0.3) is 0 Å². The lowest BCUT2D eigenvalue weighted by Crippen LogP contribution is -2.28. The van der Waals surface area contributed by atoms with E-state index in [-0.39, 0.29) is 5.75 Å². The van der Waals surface area contributed by atoms with Crippen molar-refractivity contribution in [2.75, 3.05) is 0 Å². The summed E-state index contributed by atoms with van der Waals surface area (Å²) in [7, 11) is 0. The van der Waals surface area contributed by atoms with E-state index in [1.165, 1.54) is 6.20 Å². The fourth-order valence-corrected chi connectivity index (χ4v) is 2.33. The Morgan fingerprint density at radius 1 is 1.14 bits per heavy atom. The van der Waals surface area contributed by atoms with E-state index in [1.807, 2.05) is 0 Å². The van der Waals surface area contributed by atoms with Crippen molar-refractivity contribution < 1.29 is 17.6 Å². The van der Waals surface area contributed by atoms with E-state index in [2.05, 4.69) is 9.97 Å². The molecule has 2 aromatic rings. The first-order valence-electron chi connectivity index (χ1n) is 5.58. The normalized spacial score (nSPS) is 11.6. The number of hydrogen-bond donors (Lipinski definition) is 2. The highest BCUT2D eigenvalue weighted by molar-refractivity contribution is 7.98. The molecule has 0 aliphatic rings. The molecule has 2 N–H and O–H groups in total. The van der Waals surface area contributed by atoms with Crippen LogP contribution in [-0.4, -0.2) is 9.97 Å². The summed E-state index contributed by atoms with van der Waals surface area (Å²) >= 11 is 1.04. The maximum absolute atomic E-state index is 13.4. The first-order valence-corrected chi connectivity index (χ1v) is 6.56. The van der Waals surface area contributed by atoms with Crippen molar-refractivity contribution in [1.29, 1.82) is 0 Å². The van der Waals surface area contributed by atoms with E-state index in [0.29, 0.717) is 16.7 Å². The van der Waals surface area contributed by atoms with Crippen LogP contribution in [0.1, 0.15) is 11.1 Å². The molecule has 0 amide bonds. The SMILES string of the molecule is O=c1[nH]cc(SCc2ccc(C(F)(F)F)c(F)c2)[nH]c1=O. The molecule has 2 rings (SSSR count). The Morgan fingerprint density at radius 2 is 1.86 bits per heavy atom. The third-order valence-electron chi connectivity index (χ3n) is 2.51. The van der Waals surface area contributed by atoms with Crippen molar-refractivity contribution >= 4 is 11.8 Å². The molecule has 112 valence electrons. The van der Waals surface area contributed by atoms with Gasteiger partial charge in [-0.2, -0.15) is 13.2 Å². The highest BCUT2D eigenvalue weighted by Gasteiger charge is 2.33. The summed E-state index contributed by atoms with van der Waals surface area (Å²) in [6, 6.07) is 2.61. The van der Waals surface area contributed by atoms with Gasteiger partial charge in [0.1, 0.15) is 5.82 Å². The number of thioether (sulfide) groups is 1. The Bertz CT molecular complexity index is 767. The highest BCUT2D eigenvalue weighted by Crippen LogP contribution is 2.32. The minimum Gasteiger partial charge on any atom is -0.322 e. The average molecular weight is 320 g/mol. The fraction of sp³-hybridized carbons (Fsp3) is 0.167. The smallest absolute Gasteiger partial charge is 0.322 e. The van der Waals surface area contributed by atoms with Gasteiger partial charge in [0, 0.05) is 11.9 Å². The lowest BCUT2D eigenvalue weighted by Gasteiger charge is -2.09. The van der Waals surface area contributed by atoms with E-state index in [4.69, 9.17) is 0 Å². The van der Waals surface area contributed by atoms with Crippen LogP contribution in [0.4, 0.5) is 17.6 Å². The lowest BCUT2D eigenvalue weighted by molar-refractivity contribution is -0.140. The summed E-state index contributed by atoms with van der Waals surface area (Å²) < 4.78 is 50.5. The van der Waals surface area contributed by atoms with Crippen LogP contribution in [0.3, 0.4) is 0 Å². The molecule has 0 radical (unpaired) electrons. The summed E-state index contributed by atoms with van der Waals surface area (Å²) in [5, 5.41) is 0.319. The molecule has 0 unspecified atom stereocenters. The average Bonchev–Trinajstić information content (AvgIpc) is 2.39. The van der Waals surface area contributed by atoms with E-state index in [1.54, 1.807) is 0 Å².